The number of nitrogens with zero attached hydrogens (tertiary/aromatic N) is 4. The van der Waals surface area contributed by atoms with E-state index in [1.807, 2.05) is 0 Å². The third-order valence-electron chi connectivity index (χ3n) is 1.85. The van der Waals surface area contributed by atoms with Crippen LogP contribution in [0.5, 0.6) is 0 Å². The first-order valence-electron chi connectivity index (χ1n) is 5.16. The molecule has 0 amide bonds. The molecule has 5 N–H and O–H groups in total. The molecule has 9 nitrogen and oxygen atoms in total. The minimum Gasteiger partial charge on any atom is -0.369 e. The molecule has 0 radical (unpaired) electrons. The predicted octanol–water partition coefficient (Wildman–Crippen LogP) is 0.642. The number of anilines is 1. The average Bonchev–Trinajstić information content (AvgIpc) is 2.37. The fourth-order valence-electron chi connectivity index (χ4n) is 1.02. The van der Waals surface area contributed by atoms with Gasteiger partial charge in [0.05, 0.1) is 22.5 Å². The highest BCUT2D eigenvalue weighted by molar-refractivity contribution is 6.29. The Labute approximate surface area is 108 Å². The lowest BCUT2D eigenvalue weighted by molar-refractivity contribution is -0.384. The van der Waals surface area contributed by atoms with Crippen molar-refractivity contribution in [3.05, 3.63) is 34.4 Å². The van der Waals surface area contributed by atoms with Crippen LogP contribution in [0.1, 0.15) is 6.92 Å². The van der Waals surface area contributed by atoms with E-state index in [1.165, 1.54) is 30.5 Å². The number of hydrazone groups is 1. The highest BCUT2D eigenvalue weighted by atomic mass is 16.6. The van der Waals surface area contributed by atoms with Gasteiger partial charge < -0.3 is 11.5 Å². The van der Waals surface area contributed by atoms with Crippen LogP contribution in [0.15, 0.2) is 39.6 Å². The van der Waals surface area contributed by atoms with Gasteiger partial charge in [0.15, 0.2) is 0 Å². The maximum atomic E-state index is 10.4. The zero-order valence-corrected chi connectivity index (χ0v) is 10.1. The Balaban J connectivity index is 2.59. The van der Waals surface area contributed by atoms with Crippen LogP contribution >= 0.6 is 0 Å². The number of nitro benzene ring substituents is 1. The fraction of sp³-hybridized carbons (Fsp3) is 0.100. The van der Waals surface area contributed by atoms with Crippen LogP contribution in [0.4, 0.5) is 11.4 Å². The summed E-state index contributed by atoms with van der Waals surface area (Å²) in [6.07, 6.45) is 1.41. The summed E-state index contributed by atoms with van der Waals surface area (Å²) < 4.78 is 0. The van der Waals surface area contributed by atoms with Crippen LogP contribution in [0.3, 0.4) is 0 Å². The Hall–Kier alpha value is -2.97. The molecule has 0 aliphatic rings. The highest BCUT2D eigenvalue weighted by Gasteiger charge is 2.02. The lowest BCUT2D eigenvalue weighted by Crippen LogP contribution is -2.22. The molecule has 0 aliphatic heterocycles. The Morgan fingerprint density at radius 3 is 2.47 bits per heavy atom. The van der Waals surface area contributed by atoms with Gasteiger partial charge in [0.2, 0.25) is 5.96 Å². The summed E-state index contributed by atoms with van der Waals surface area (Å²) in [5.74, 6) is -0.143. The number of rotatable bonds is 5. The van der Waals surface area contributed by atoms with E-state index in [-0.39, 0.29) is 11.6 Å². The van der Waals surface area contributed by atoms with Crippen molar-refractivity contribution in [3.8, 4) is 0 Å². The summed E-state index contributed by atoms with van der Waals surface area (Å²) in [7, 11) is 0. The first-order valence-corrected chi connectivity index (χ1v) is 5.16. The van der Waals surface area contributed by atoms with Crippen LogP contribution < -0.4 is 16.9 Å². The average molecular weight is 263 g/mol. The van der Waals surface area contributed by atoms with Gasteiger partial charge >= 0.3 is 0 Å². The minimum atomic E-state index is -0.473. The van der Waals surface area contributed by atoms with Crippen molar-refractivity contribution in [3.63, 3.8) is 0 Å². The molecule has 0 aliphatic carbocycles. The maximum Gasteiger partial charge on any atom is 0.269 e. The molecule has 0 bridgehead atoms. The summed E-state index contributed by atoms with van der Waals surface area (Å²) in [5.41, 5.74) is 14.0. The van der Waals surface area contributed by atoms with Crippen molar-refractivity contribution in [2.45, 2.75) is 6.92 Å². The predicted molar refractivity (Wildman–Crippen MR) is 74.1 cm³/mol. The summed E-state index contributed by atoms with van der Waals surface area (Å²) >= 11 is 0. The lowest BCUT2D eigenvalue weighted by Gasteiger charge is -1.98. The fourth-order valence-corrected chi connectivity index (χ4v) is 1.02. The second-order valence-electron chi connectivity index (χ2n) is 3.44. The number of hydrogen-bond acceptors (Lipinski definition) is 6. The van der Waals surface area contributed by atoms with Crippen molar-refractivity contribution < 1.29 is 4.92 Å². The molecular weight excluding hydrogens is 250 g/mol. The maximum absolute atomic E-state index is 10.4. The number of nitro groups is 1. The monoisotopic (exact) mass is 263 g/mol. The molecule has 100 valence electrons. The van der Waals surface area contributed by atoms with E-state index in [4.69, 9.17) is 11.5 Å². The first kappa shape index (κ1) is 14.1. The first-order chi connectivity index (χ1) is 8.99. The van der Waals surface area contributed by atoms with Crippen LogP contribution in [-0.4, -0.2) is 22.8 Å². The van der Waals surface area contributed by atoms with Crippen LogP contribution in [-0.2, 0) is 0 Å². The summed E-state index contributed by atoms with van der Waals surface area (Å²) in [4.78, 5) is 9.98. The summed E-state index contributed by atoms with van der Waals surface area (Å²) in [6.45, 7) is 1.66. The van der Waals surface area contributed by atoms with Crippen LogP contribution in [0.2, 0.25) is 0 Å². The molecule has 19 heavy (non-hydrogen) atoms. The topological polar surface area (TPSA) is 144 Å². The van der Waals surface area contributed by atoms with E-state index in [0.717, 1.165) is 0 Å². The summed E-state index contributed by atoms with van der Waals surface area (Å²) in [5, 5.41) is 21.4. The molecule has 0 fully saturated rings. The van der Waals surface area contributed by atoms with Crippen molar-refractivity contribution in [1.82, 2.24) is 0 Å². The molecule has 0 heterocycles. The van der Waals surface area contributed by atoms with Crippen LogP contribution in [0, 0.1) is 10.1 Å². The molecule has 9 heteroatoms. The molecule has 0 saturated carbocycles. The molecule has 0 unspecified atom stereocenters. The summed E-state index contributed by atoms with van der Waals surface area (Å²) in [6, 6.07) is 5.83. The second kappa shape index (κ2) is 6.69. The molecular formula is C10H13N7O2. The molecule has 1 aromatic carbocycles. The highest BCUT2D eigenvalue weighted by Crippen LogP contribution is 2.14. The molecule has 0 spiro atoms. The standard InChI is InChI=1S/C10H13N7O2/c1-7(14-16-10(11)12)6-13-15-8-2-4-9(5-3-8)17(18)19/h2-6,15H,1H3,(H4,11,12,16)/b13-6+,14-7+. The van der Waals surface area contributed by atoms with Gasteiger partial charge in [-0.25, -0.2) is 0 Å². The zero-order valence-electron chi connectivity index (χ0n) is 10.1. The Morgan fingerprint density at radius 1 is 1.32 bits per heavy atom. The van der Waals surface area contributed by atoms with Gasteiger partial charge in [-0.2, -0.15) is 10.2 Å². The number of hydrogen-bond donors (Lipinski definition) is 3. The molecule has 1 aromatic rings. The van der Waals surface area contributed by atoms with E-state index in [9.17, 15) is 10.1 Å². The third kappa shape index (κ3) is 5.26. The number of nitrogens with one attached hydrogen (secondary N) is 1. The minimum absolute atomic E-state index is 0.0139. The van der Waals surface area contributed by atoms with E-state index < -0.39 is 4.92 Å². The van der Waals surface area contributed by atoms with Gasteiger partial charge in [0.25, 0.3) is 5.69 Å². The van der Waals surface area contributed by atoms with E-state index >= 15 is 0 Å². The van der Waals surface area contributed by atoms with Gasteiger partial charge in [-0.05, 0) is 19.1 Å². The third-order valence-corrected chi connectivity index (χ3v) is 1.85. The second-order valence-corrected chi connectivity index (χ2v) is 3.44. The number of nitrogens with two attached hydrogens (primary N) is 2. The quantitative estimate of drug-likeness (QED) is 0.309. The van der Waals surface area contributed by atoms with Gasteiger partial charge in [0.1, 0.15) is 0 Å². The van der Waals surface area contributed by atoms with E-state index in [0.29, 0.717) is 11.4 Å². The number of benzene rings is 1. The van der Waals surface area contributed by atoms with Crippen molar-refractivity contribution >= 4 is 29.3 Å². The molecule has 0 atom stereocenters. The Kier molecular flexibility index (Phi) is 4.96. The lowest BCUT2D eigenvalue weighted by atomic mass is 10.3. The number of non-ortho nitro benzene ring substituents is 1. The van der Waals surface area contributed by atoms with Crippen LogP contribution in [0.25, 0.3) is 0 Å². The SMILES string of the molecule is CC(/C=N/Nc1ccc([N+](=O)[O-])cc1)=N\N=C(N)N. The van der Waals surface area contributed by atoms with Crippen molar-refractivity contribution in [2.24, 2.45) is 26.8 Å². The Bertz CT molecular complexity index is 529. The normalized spacial score (nSPS) is 11.3. The van der Waals surface area contributed by atoms with Gasteiger partial charge in [0, 0.05) is 12.1 Å². The van der Waals surface area contributed by atoms with Gasteiger partial charge in [-0.15, -0.1) is 5.10 Å². The van der Waals surface area contributed by atoms with Crippen molar-refractivity contribution in [1.29, 1.82) is 0 Å². The zero-order chi connectivity index (χ0) is 14.3. The molecule has 1 rings (SSSR count). The van der Waals surface area contributed by atoms with Gasteiger partial charge in [-0.1, -0.05) is 0 Å². The number of guanidine groups is 1. The van der Waals surface area contributed by atoms with Crippen molar-refractivity contribution in [2.75, 3.05) is 5.43 Å². The largest absolute Gasteiger partial charge is 0.369 e. The van der Waals surface area contributed by atoms with E-state index in [2.05, 4.69) is 20.7 Å². The van der Waals surface area contributed by atoms with Gasteiger partial charge in [-0.3, -0.25) is 15.5 Å². The molecule has 0 aromatic heterocycles. The van der Waals surface area contributed by atoms with E-state index in [1.54, 1.807) is 6.92 Å². The smallest absolute Gasteiger partial charge is 0.269 e. The molecule has 0 saturated heterocycles. The Morgan fingerprint density at radius 2 is 1.95 bits per heavy atom.